The predicted molar refractivity (Wildman–Crippen MR) is 76.4 cm³/mol. The summed E-state index contributed by atoms with van der Waals surface area (Å²) in [4.78, 5) is 0. The van der Waals surface area contributed by atoms with E-state index in [0.29, 0.717) is 12.5 Å². The molecule has 0 saturated carbocycles. The number of terminal acetylenes is 1. The minimum atomic E-state index is 0.348. The topological polar surface area (TPSA) is 12.0 Å². The van der Waals surface area contributed by atoms with Crippen LogP contribution in [0.1, 0.15) is 17.0 Å². The molecule has 2 rings (SSSR count). The molecule has 0 aliphatic rings. The van der Waals surface area contributed by atoms with Crippen LogP contribution in [0.2, 0.25) is 0 Å². The standard InChI is InChI=1S/C17H17N/c1-2-13-18-14-17(15-9-5-3-6-10-15)16-11-7-4-8-12-16/h1,3-12,17-18H,13-14H2. The molecule has 0 fully saturated rings. The zero-order valence-electron chi connectivity index (χ0n) is 10.3. The van der Waals surface area contributed by atoms with E-state index in [1.165, 1.54) is 11.1 Å². The molecule has 2 aromatic rings. The van der Waals surface area contributed by atoms with Crippen LogP contribution in [0, 0.1) is 12.3 Å². The van der Waals surface area contributed by atoms with Gasteiger partial charge in [0, 0.05) is 12.5 Å². The van der Waals surface area contributed by atoms with Crippen molar-refractivity contribution in [1.82, 2.24) is 5.32 Å². The summed E-state index contributed by atoms with van der Waals surface area (Å²) >= 11 is 0. The van der Waals surface area contributed by atoms with Gasteiger partial charge in [0.25, 0.3) is 0 Å². The summed E-state index contributed by atoms with van der Waals surface area (Å²) in [6, 6.07) is 21.0. The van der Waals surface area contributed by atoms with Gasteiger partial charge in [-0.15, -0.1) is 6.42 Å². The Bertz CT molecular complexity index is 457. The monoisotopic (exact) mass is 235 g/mol. The lowest BCUT2D eigenvalue weighted by Gasteiger charge is -2.18. The molecule has 1 N–H and O–H groups in total. The lowest BCUT2D eigenvalue weighted by Crippen LogP contribution is -2.22. The Balaban J connectivity index is 2.21. The molecule has 0 radical (unpaired) electrons. The molecule has 1 heteroatoms. The molecule has 18 heavy (non-hydrogen) atoms. The van der Waals surface area contributed by atoms with Gasteiger partial charge in [0.1, 0.15) is 0 Å². The third-order valence-electron chi connectivity index (χ3n) is 2.98. The molecule has 1 nitrogen and oxygen atoms in total. The molecule has 2 aromatic carbocycles. The molecule has 0 amide bonds. The summed E-state index contributed by atoms with van der Waals surface area (Å²) in [5.41, 5.74) is 2.63. The van der Waals surface area contributed by atoms with Crippen LogP contribution in [0.5, 0.6) is 0 Å². The first-order valence-corrected chi connectivity index (χ1v) is 6.16. The largest absolute Gasteiger partial charge is 0.305 e. The van der Waals surface area contributed by atoms with E-state index in [4.69, 9.17) is 6.42 Å². The Morgan fingerprint density at radius 1 is 0.889 bits per heavy atom. The van der Waals surface area contributed by atoms with Gasteiger partial charge in [0.15, 0.2) is 0 Å². The Hall–Kier alpha value is -2.04. The lowest BCUT2D eigenvalue weighted by molar-refractivity contribution is 0.683. The minimum absolute atomic E-state index is 0.348. The second kappa shape index (κ2) is 6.64. The van der Waals surface area contributed by atoms with Gasteiger partial charge in [-0.05, 0) is 11.1 Å². The van der Waals surface area contributed by atoms with Gasteiger partial charge in [-0.25, -0.2) is 0 Å². The molecule has 0 spiro atoms. The summed E-state index contributed by atoms with van der Waals surface area (Å²) in [5, 5.41) is 3.30. The Labute approximate surface area is 109 Å². The maximum atomic E-state index is 5.28. The van der Waals surface area contributed by atoms with Crippen LogP contribution in [0.25, 0.3) is 0 Å². The number of hydrogen-bond acceptors (Lipinski definition) is 1. The van der Waals surface area contributed by atoms with Crippen molar-refractivity contribution in [1.29, 1.82) is 0 Å². The number of hydrogen-bond donors (Lipinski definition) is 1. The Morgan fingerprint density at radius 3 is 1.83 bits per heavy atom. The summed E-state index contributed by atoms with van der Waals surface area (Å²) in [6.07, 6.45) is 5.28. The van der Waals surface area contributed by atoms with E-state index in [0.717, 1.165) is 6.54 Å². The van der Waals surface area contributed by atoms with Crippen molar-refractivity contribution in [3.8, 4) is 12.3 Å². The van der Waals surface area contributed by atoms with E-state index < -0.39 is 0 Å². The number of benzene rings is 2. The van der Waals surface area contributed by atoms with Crippen LogP contribution < -0.4 is 5.32 Å². The smallest absolute Gasteiger partial charge is 0.0574 e. The molecule has 0 atom stereocenters. The van der Waals surface area contributed by atoms with E-state index in [-0.39, 0.29) is 0 Å². The summed E-state index contributed by atoms with van der Waals surface area (Å²) in [5.74, 6) is 2.96. The second-order valence-electron chi connectivity index (χ2n) is 4.21. The summed E-state index contributed by atoms with van der Waals surface area (Å²) in [7, 11) is 0. The van der Waals surface area contributed by atoms with Gasteiger partial charge in [0.2, 0.25) is 0 Å². The molecule has 0 aromatic heterocycles. The van der Waals surface area contributed by atoms with Crippen molar-refractivity contribution >= 4 is 0 Å². The van der Waals surface area contributed by atoms with E-state index in [1.54, 1.807) is 0 Å². The highest BCUT2D eigenvalue weighted by Gasteiger charge is 2.12. The normalized spacial score (nSPS) is 10.2. The number of rotatable bonds is 5. The van der Waals surface area contributed by atoms with Gasteiger partial charge in [0.05, 0.1) is 6.54 Å². The van der Waals surface area contributed by atoms with Crippen molar-refractivity contribution in [2.75, 3.05) is 13.1 Å². The molecule has 0 heterocycles. The van der Waals surface area contributed by atoms with Crippen LogP contribution in [0.15, 0.2) is 60.7 Å². The minimum Gasteiger partial charge on any atom is -0.305 e. The van der Waals surface area contributed by atoms with Crippen molar-refractivity contribution in [2.45, 2.75) is 5.92 Å². The average molecular weight is 235 g/mol. The highest BCUT2D eigenvalue weighted by molar-refractivity contribution is 5.32. The van der Waals surface area contributed by atoms with Crippen LogP contribution in [-0.4, -0.2) is 13.1 Å². The van der Waals surface area contributed by atoms with Crippen LogP contribution >= 0.6 is 0 Å². The maximum Gasteiger partial charge on any atom is 0.0574 e. The number of nitrogens with one attached hydrogen (secondary N) is 1. The van der Waals surface area contributed by atoms with Crippen LogP contribution in [0.4, 0.5) is 0 Å². The third kappa shape index (κ3) is 3.23. The highest BCUT2D eigenvalue weighted by atomic mass is 14.8. The Morgan fingerprint density at radius 2 is 1.39 bits per heavy atom. The van der Waals surface area contributed by atoms with Crippen molar-refractivity contribution in [3.63, 3.8) is 0 Å². The molecule has 0 aliphatic heterocycles. The molecular formula is C17H17N. The first kappa shape index (κ1) is 12.4. The zero-order valence-corrected chi connectivity index (χ0v) is 10.3. The van der Waals surface area contributed by atoms with E-state index in [2.05, 4.69) is 59.8 Å². The summed E-state index contributed by atoms with van der Waals surface area (Å²) in [6.45, 7) is 1.47. The molecular weight excluding hydrogens is 218 g/mol. The molecule has 0 aliphatic carbocycles. The molecule has 0 bridgehead atoms. The van der Waals surface area contributed by atoms with E-state index in [1.807, 2.05) is 12.1 Å². The van der Waals surface area contributed by atoms with Crippen molar-refractivity contribution in [3.05, 3.63) is 71.8 Å². The van der Waals surface area contributed by atoms with Crippen molar-refractivity contribution < 1.29 is 0 Å². The third-order valence-corrected chi connectivity index (χ3v) is 2.98. The fraction of sp³-hybridized carbons (Fsp3) is 0.176. The fourth-order valence-electron chi connectivity index (χ4n) is 2.09. The average Bonchev–Trinajstić information content (AvgIpc) is 2.46. The van der Waals surface area contributed by atoms with Gasteiger partial charge < -0.3 is 5.32 Å². The van der Waals surface area contributed by atoms with Crippen molar-refractivity contribution in [2.24, 2.45) is 0 Å². The predicted octanol–water partition coefficient (Wildman–Crippen LogP) is 3.04. The highest BCUT2D eigenvalue weighted by Crippen LogP contribution is 2.23. The quantitative estimate of drug-likeness (QED) is 0.620. The first-order valence-electron chi connectivity index (χ1n) is 6.16. The SMILES string of the molecule is C#CCNCC(c1ccccc1)c1ccccc1. The van der Waals surface area contributed by atoms with Crippen LogP contribution in [-0.2, 0) is 0 Å². The van der Waals surface area contributed by atoms with E-state index in [9.17, 15) is 0 Å². The van der Waals surface area contributed by atoms with Gasteiger partial charge in [-0.3, -0.25) is 0 Å². The zero-order chi connectivity index (χ0) is 12.6. The Kier molecular flexibility index (Phi) is 4.58. The molecule has 90 valence electrons. The maximum absolute atomic E-state index is 5.28. The van der Waals surface area contributed by atoms with Gasteiger partial charge >= 0.3 is 0 Å². The second-order valence-corrected chi connectivity index (χ2v) is 4.21. The van der Waals surface area contributed by atoms with E-state index >= 15 is 0 Å². The van der Waals surface area contributed by atoms with Gasteiger partial charge in [-0.1, -0.05) is 66.6 Å². The first-order chi connectivity index (χ1) is 8.92. The fourth-order valence-corrected chi connectivity index (χ4v) is 2.09. The lowest BCUT2D eigenvalue weighted by atomic mass is 9.91. The molecule has 0 saturated heterocycles. The van der Waals surface area contributed by atoms with Gasteiger partial charge in [-0.2, -0.15) is 0 Å². The molecule has 0 unspecified atom stereocenters. The van der Waals surface area contributed by atoms with Crippen LogP contribution in [0.3, 0.4) is 0 Å². The summed E-state index contributed by atoms with van der Waals surface area (Å²) < 4.78 is 0.